The van der Waals surface area contributed by atoms with E-state index >= 15 is 0 Å². The topological polar surface area (TPSA) is 49.2 Å². The minimum atomic E-state index is -0.149. The van der Waals surface area contributed by atoms with Gasteiger partial charge in [-0.25, -0.2) is 0 Å². The van der Waals surface area contributed by atoms with Gasteiger partial charge in [-0.15, -0.1) is 0 Å². The van der Waals surface area contributed by atoms with Crippen molar-refractivity contribution >= 4 is 40.3 Å². The van der Waals surface area contributed by atoms with E-state index in [4.69, 9.17) is 28.8 Å². The van der Waals surface area contributed by atoms with Crippen LogP contribution in [0.1, 0.15) is 48.9 Å². The van der Waals surface area contributed by atoms with Gasteiger partial charge in [0.15, 0.2) is 5.11 Å². The Morgan fingerprint density at radius 1 is 0.974 bits per heavy atom. The van der Waals surface area contributed by atoms with Gasteiger partial charge in [-0.1, -0.05) is 24.6 Å². The maximum atomic E-state index is 6.95. The molecule has 0 bridgehead atoms. The molecule has 1 aromatic carbocycles. The van der Waals surface area contributed by atoms with E-state index in [9.17, 15) is 0 Å². The van der Waals surface area contributed by atoms with Crippen molar-refractivity contribution in [3.8, 4) is 5.69 Å². The molecule has 3 aromatic heterocycles. The second kappa shape index (κ2) is 10.4. The molecule has 6 nitrogen and oxygen atoms in total. The van der Waals surface area contributed by atoms with Crippen molar-refractivity contribution in [3.05, 3.63) is 101 Å². The SMILES string of the molecule is Cc1ccc(C2C(c3ccccn3)NC(=S)N2c2ccc(N3CCC(C)CC3)c(Cl)c2)n1-c1cccnc1. The van der Waals surface area contributed by atoms with Gasteiger partial charge in [0.1, 0.15) is 6.04 Å². The number of piperidine rings is 1. The predicted octanol–water partition coefficient (Wildman–Crippen LogP) is 6.64. The van der Waals surface area contributed by atoms with Gasteiger partial charge in [-0.2, -0.15) is 0 Å². The van der Waals surface area contributed by atoms with Crippen molar-refractivity contribution in [1.29, 1.82) is 0 Å². The fraction of sp³-hybridized carbons (Fsp3) is 0.300. The molecule has 2 saturated heterocycles. The minimum Gasteiger partial charge on any atom is -0.370 e. The van der Waals surface area contributed by atoms with Gasteiger partial charge in [0.25, 0.3) is 0 Å². The first-order chi connectivity index (χ1) is 18.5. The average molecular weight is 543 g/mol. The minimum absolute atomic E-state index is 0.143. The van der Waals surface area contributed by atoms with Crippen molar-refractivity contribution in [2.75, 3.05) is 22.9 Å². The van der Waals surface area contributed by atoms with Crippen LogP contribution in [0.4, 0.5) is 11.4 Å². The van der Waals surface area contributed by atoms with Crippen LogP contribution in [0, 0.1) is 12.8 Å². The summed E-state index contributed by atoms with van der Waals surface area (Å²) in [5, 5.41) is 4.97. The normalized spacial score (nSPS) is 20.1. The standard InChI is InChI=1S/C30H31ClN6S/c1-20-12-16-35(17-13-20)26-11-9-22(18-24(26)31)37-29(28(34-30(37)38)25-7-3-4-15-33-25)27-10-8-21(2)36(27)23-6-5-14-32-19-23/h3-11,14-15,18-20,28-29H,12-13,16-17H2,1-2H3,(H,34,38). The third-order valence-electron chi connectivity index (χ3n) is 7.75. The molecule has 2 aliphatic rings. The fourth-order valence-corrected chi connectivity index (χ4v) is 6.35. The van der Waals surface area contributed by atoms with E-state index in [1.807, 2.05) is 30.6 Å². The molecule has 2 fully saturated rings. The second-order valence-electron chi connectivity index (χ2n) is 10.2. The first kappa shape index (κ1) is 24.9. The molecule has 0 radical (unpaired) electrons. The first-order valence-electron chi connectivity index (χ1n) is 13.1. The molecule has 2 aliphatic heterocycles. The Morgan fingerprint density at radius 2 is 1.82 bits per heavy atom. The lowest BCUT2D eigenvalue weighted by Crippen LogP contribution is -2.33. The number of benzene rings is 1. The quantitative estimate of drug-likeness (QED) is 0.285. The van der Waals surface area contributed by atoms with Crippen molar-refractivity contribution in [2.45, 2.75) is 38.8 Å². The van der Waals surface area contributed by atoms with Crippen molar-refractivity contribution in [3.63, 3.8) is 0 Å². The molecule has 0 aliphatic carbocycles. The molecule has 5 heterocycles. The molecule has 2 atom stereocenters. The van der Waals surface area contributed by atoms with Gasteiger partial charge >= 0.3 is 0 Å². The number of nitrogens with zero attached hydrogens (tertiary/aromatic N) is 5. The van der Waals surface area contributed by atoms with Crippen LogP contribution in [0.3, 0.4) is 0 Å². The third-order valence-corrected chi connectivity index (χ3v) is 8.36. The first-order valence-corrected chi connectivity index (χ1v) is 13.9. The number of halogens is 1. The highest BCUT2D eigenvalue weighted by atomic mass is 35.5. The number of thiocarbonyl (C=S) groups is 1. The number of aryl methyl sites for hydroxylation is 1. The van der Waals surface area contributed by atoms with E-state index in [2.05, 4.69) is 81.0 Å². The van der Waals surface area contributed by atoms with E-state index in [0.717, 1.165) is 58.2 Å². The smallest absolute Gasteiger partial charge is 0.174 e. The number of hydrogen-bond donors (Lipinski definition) is 1. The Bertz CT molecular complexity index is 1430. The summed E-state index contributed by atoms with van der Waals surface area (Å²) in [5.41, 5.74) is 6.22. The maximum absolute atomic E-state index is 6.95. The largest absolute Gasteiger partial charge is 0.370 e. The highest BCUT2D eigenvalue weighted by Crippen LogP contribution is 2.44. The molecule has 0 spiro atoms. The van der Waals surface area contributed by atoms with E-state index in [1.165, 1.54) is 12.8 Å². The molecular formula is C30H31ClN6S. The molecule has 0 amide bonds. The lowest BCUT2D eigenvalue weighted by molar-refractivity contribution is 0.438. The van der Waals surface area contributed by atoms with Crippen molar-refractivity contribution in [1.82, 2.24) is 19.9 Å². The zero-order valence-corrected chi connectivity index (χ0v) is 23.2. The molecule has 194 valence electrons. The van der Waals surface area contributed by atoms with Crippen LogP contribution < -0.4 is 15.1 Å². The van der Waals surface area contributed by atoms with E-state index in [-0.39, 0.29) is 12.1 Å². The van der Waals surface area contributed by atoms with Gasteiger partial charge < -0.3 is 19.7 Å². The van der Waals surface area contributed by atoms with Gasteiger partial charge in [-0.3, -0.25) is 9.97 Å². The van der Waals surface area contributed by atoms with Gasteiger partial charge in [-0.05, 0) is 92.5 Å². The number of pyridine rings is 2. The lowest BCUT2D eigenvalue weighted by atomic mass is 9.98. The van der Waals surface area contributed by atoms with Crippen molar-refractivity contribution in [2.24, 2.45) is 5.92 Å². The number of anilines is 2. The zero-order valence-electron chi connectivity index (χ0n) is 21.6. The van der Waals surface area contributed by atoms with Crippen molar-refractivity contribution < 1.29 is 0 Å². The highest BCUT2D eigenvalue weighted by Gasteiger charge is 2.42. The number of hydrogen-bond acceptors (Lipinski definition) is 4. The van der Waals surface area contributed by atoms with Crippen LogP contribution in [0.15, 0.2) is 79.3 Å². The van der Waals surface area contributed by atoms with Gasteiger partial charge in [0, 0.05) is 42.6 Å². The number of rotatable bonds is 5. The summed E-state index contributed by atoms with van der Waals surface area (Å²) < 4.78 is 2.25. The molecule has 4 aromatic rings. The second-order valence-corrected chi connectivity index (χ2v) is 11.0. The molecule has 38 heavy (non-hydrogen) atoms. The zero-order chi connectivity index (χ0) is 26.2. The van der Waals surface area contributed by atoms with Crippen LogP contribution in [-0.4, -0.2) is 32.7 Å². The fourth-order valence-electron chi connectivity index (χ4n) is 5.71. The van der Waals surface area contributed by atoms with Gasteiger partial charge in [0.05, 0.1) is 34.3 Å². The Balaban J connectivity index is 1.44. The predicted molar refractivity (Wildman–Crippen MR) is 158 cm³/mol. The van der Waals surface area contributed by atoms with E-state index in [1.54, 1.807) is 6.20 Å². The molecular weight excluding hydrogens is 512 g/mol. The summed E-state index contributed by atoms with van der Waals surface area (Å²) in [6.07, 6.45) is 7.90. The summed E-state index contributed by atoms with van der Waals surface area (Å²) in [4.78, 5) is 13.7. The van der Waals surface area contributed by atoms with E-state index in [0.29, 0.717) is 5.11 Å². The summed E-state index contributed by atoms with van der Waals surface area (Å²) in [6.45, 7) is 6.51. The van der Waals surface area contributed by atoms with E-state index < -0.39 is 0 Å². The summed E-state index contributed by atoms with van der Waals surface area (Å²) in [6, 6.07) is 20.4. The van der Waals surface area contributed by atoms with Crippen LogP contribution >= 0.6 is 23.8 Å². The monoisotopic (exact) mass is 542 g/mol. The number of nitrogens with one attached hydrogen (secondary N) is 1. The van der Waals surface area contributed by atoms with Crippen LogP contribution in [0.25, 0.3) is 5.69 Å². The van der Waals surface area contributed by atoms with Crippen LogP contribution in [-0.2, 0) is 0 Å². The average Bonchev–Trinajstić information content (AvgIpc) is 3.49. The summed E-state index contributed by atoms with van der Waals surface area (Å²) in [7, 11) is 0. The Kier molecular flexibility index (Phi) is 6.80. The molecule has 1 N–H and O–H groups in total. The maximum Gasteiger partial charge on any atom is 0.174 e. The summed E-state index contributed by atoms with van der Waals surface area (Å²) in [5.74, 6) is 0.765. The van der Waals surface area contributed by atoms with Crippen LogP contribution in [0.2, 0.25) is 5.02 Å². The highest BCUT2D eigenvalue weighted by molar-refractivity contribution is 7.80. The molecule has 0 saturated carbocycles. The van der Waals surface area contributed by atoms with Crippen LogP contribution in [0.5, 0.6) is 0 Å². The molecule has 8 heteroatoms. The summed E-state index contributed by atoms with van der Waals surface area (Å²) >= 11 is 12.9. The lowest BCUT2D eigenvalue weighted by Gasteiger charge is -2.33. The molecule has 2 unspecified atom stereocenters. The van der Waals surface area contributed by atoms with Gasteiger partial charge in [0.2, 0.25) is 0 Å². The molecule has 6 rings (SSSR count). The Morgan fingerprint density at radius 3 is 2.53 bits per heavy atom. The number of aromatic nitrogens is 3. The Hall–Kier alpha value is -3.42. The third kappa shape index (κ3) is 4.54. The Labute approximate surface area is 234 Å².